The third-order valence-corrected chi connectivity index (χ3v) is 7.48. The molecule has 1 fully saturated rings. The van der Waals surface area contributed by atoms with Gasteiger partial charge in [-0.25, -0.2) is 0 Å². The van der Waals surface area contributed by atoms with E-state index in [-0.39, 0.29) is 6.04 Å². The van der Waals surface area contributed by atoms with Gasteiger partial charge in [-0.2, -0.15) is 0 Å². The molecule has 214 valence electrons. The molecule has 10 nitrogen and oxygen atoms in total. The van der Waals surface area contributed by atoms with Gasteiger partial charge in [0.15, 0.2) is 0 Å². The highest BCUT2D eigenvalue weighted by atomic mass is 16.6. The van der Waals surface area contributed by atoms with E-state index in [0.717, 1.165) is 0 Å². The Morgan fingerprint density at radius 2 is 1.56 bits per heavy atom. The summed E-state index contributed by atoms with van der Waals surface area (Å²) >= 11 is 0. The maximum absolute atomic E-state index is 13.6. The Morgan fingerprint density at radius 1 is 0.902 bits per heavy atom. The maximum Gasteiger partial charge on any atom is 0.359 e. The fourth-order valence-electron chi connectivity index (χ4n) is 5.59. The van der Waals surface area contributed by atoms with Crippen molar-refractivity contribution in [2.75, 3.05) is 58.0 Å². The quantitative estimate of drug-likeness (QED) is 0.145. The molecule has 0 bridgehead atoms. The van der Waals surface area contributed by atoms with Crippen molar-refractivity contribution in [1.82, 2.24) is 14.5 Å². The van der Waals surface area contributed by atoms with Crippen LogP contribution >= 0.6 is 0 Å². The van der Waals surface area contributed by atoms with Gasteiger partial charge in [0, 0.05) is 52.6 Å². The molecule has 1 aliphatic rings. The monoisotopic (exact) mass is 557 g/mol. The molecule has 41 heavy (non-hydrogen) atoms. The minimum Gasteiger partial charge on any atom is -0.382 e. The lowest BCUT2D eigenvalue weighted by atomic mass is 9.96. The van der Waals surface area contributed by atoms with Crippen LogP contribution in [0, 0.1) is 10.1 Å². The summed E-state index contributed by atoms with van der Waals surface area (Å²) in [6.07, 6.45) is 2.15. The summed E-state index contributed by atoms with van der Waals surface area (Å²) in [5.74, 6) is 0. The zero-order valence-corrected chi connectivity index (χ0v) is 23.2. The minimum atomic E-state index is -0.615. The number of piperazine rings is 1. The maximum atomic E-state index is 13.6. The van der Waals surface area contributed by atoms with Crippen LogP contribution in [0.1, 0.15) is 23.6 Å². The number of anilines is 1. The zero-order chi connectivity index (χ0) is 28.6. The van der Waals surface area contributed by atoms with Gasteiger partial charge in [-0.05, 0) is 29.7 Å². The molecule has 1 aliphatic heterocycles. The van der Waals surface area contributed by atoms with Crippen LogP contribution < -0.4 is 10.5 Å². The van der Waals surface area contributed by atoms with E-state index in [1.807, 2.05) is 41.3 Å². The van der Waals surface area contributed by atoms with Crippen molar-refractivity contribution in [3.63, 3.8) is 0 Å². The highest BCUT2D eigenvalue weighted by molar-refractivity contribution is 5.93. The second-order valence-corrected chi connectivity index (χ2v) is 9.99. The normalized spacial score (nSPS) is 14.1. The van der Waals surface area contributed by atoms with Gasteiger partial charge < -0.3 is 18.9 Å². The Labute approximate surface area is 238 Å². The summed E-state index contributed by atoms with van der Waals surface area (Å²) in [5, 5.41) is 12.4. The van der Waals surface area contributed by atoms with Crippen LogP contribution in [-0.4, -0.2) is 72.5 Å². The number of rotatable bonds is 12. The van der Waals surface area contributed by atoms with E-state index in [1.165, 1.54) is 15.7 Å². The number of aryl methyl sites for hydroxylation is 1. The lowest BCUT2D eigenvalue weighted by Gasteiger charge is -2.40. The summed E-state index contributed by atoms with van der Waals surface area (Å²) in [7, 11) is 1.60. The molecule has 1 saturated heterocycles. The van der Waals surface area contributed by atoms with E-state index in [4.69, 9.17) is 9.47 Å². The van der Waals surface area contributed by atoms with Gasteiger partial charge in [0.1, 0.15) is 11.2 Å². The van der Waals surface area contributed by atoms with Gasteiger partial charge in [-0.15, -0.1) is 0 Å². The van der Waals surface area contributed by atoms with Crippen LogP contribution in [0.15, 0.2) is 83.8 Å². The summed E-state index contributed by atoms with van der Waals surface area (Å²) in [4.78, 5) is 34.3. The number of aromatic nitrogens is 2. The molecule has 0 spiro atoms. The Kier molecular flexibility index (Phi) is 9.35. The molecule has 3 heterocycles. The van der Waals surface area contributed by atoms with E-state index >= 15 is 0 Å². The van der Waals surface area contributed by atoms with Crippen LogP contribution in [0.4, 0.5) is 11.4 Å². The van der Waals surface area contributed by atoms with E-state index < -0.39 is 16.2 Å². The van der Waals surface area contributed by atoms with Crippen molar-refractivity contribution >= 4 is 22.4 Å². The van der Waals surface area contributed by atoms with Gasteiger partial charge in [0.05, 0.1) is 29.7 Å². The van der Waals surface area contributed by atoms with Crippen molar-refractivity contribution in [2.24, 2.45) is 0 Å². The lowest BCUT2D eigenvalue weighted by Crippen LogP contribution is -2.48. The van der Waals surface area contributed by atoms with E-state index in [9.17, 15) is 14.9 Å². The summed E-state index contributed by atoms with van der Waals surface area (Å²) in [5.41, 5.74) is 2.71. The summed E-state index contributed by atoms with van der Waals surface area (Å²) in [6.45, 7) is 4.03. The number of hydrogen-bond donors (Lipinski definition) is 0. The highest BCUT2D eigenvalue weighted by Crippen LogP contribution is 2.35. The van der Waals surface area contributed by atoms with E-state index in [0.29, 0.717) is 75.7 Å². The van der Waals surface area contributed by atoms with Crippen molar-refractivity contribution < 1.29 is 14.4 Å². The Hall–Kier alpha value is -4.12. The predicted octanol–water partition coefficient (Wildman–Crippen LogP) is 4.27. The molecule has 2 aromatic carbocycles. The number of hydrogen-bond acceptors (Lipinski definition) is 8. The lowest BCUT2D eigenvalue weighted by molar-refractivity contribution is -0.385. The van der Waals surface area contributed by atoms with Crippen LogP contribution in [0.25, 0.3) is 11.0 Å². The second-order valence-electron chi connectivity index (χ2n) is 9.99. The van der Waals surface area contributed by atoms with Crippen LogP contribution in [0.2, 0.25) is 0 Å². The SMILES string of the molecule is COCCOCCCn1c(=O)c([N+](=O)[O-])c(N2CCN(C(c3ccccc3)c3ccccc3)CC2)c2ncccc21. The van der Waals surface area contributed by atoms with Gasteiger partial charge >= 0.3 is 11.2 Å². The third kappa shape index (κ3) is 6.30. The van der Waals surface area contributed by atoms with E-state index in [1.54, 1.807) is 25.4 Å². The summed E-state index contributed by atoms with van der Waals surface area (Å²) in [6, 6.07) is 24.4. The molecule has 0 unspecified atom stereocenters. The molecule has 0 amide bonds. The van der Waals surface area contributed by atoms with Crippen LogP contribution in [0.3, 0.4) is 0 Å². The molecule has 0 saturated carbocycles. The predicted molar refractivity (Wildman–Crippen MR) is 158 cm³/mol. The molecule has 4 aromatic rings. The average Bonchev–Trinajstić information content (AvgIpc) is 3.01. The second kappa shape index (κ2) is 13.5. The van der Waals surface area contributed by atoms with Crippen molar-refractivity contribution in [2.45, 2.75) is 19.0 Å². The van der Waals surface area contributed by atoms with Gasteiger partial charge in [-0.1, -0.05) is 60.7 Å². The van der Waals surface area contributed by atoms with E-state index in [2.05, 4.69) is 34.1 Å². The van der Waals surface area contributed by atoms with Crippen molar-refractivity contribution in [1.29, 1.82) is 0 Å². The minimum absolute atomic E-state index is 0.0588. The molecular weight excluding hydrogens is 522 g/mol. The van der Waals surface area contributed by atoms with Crippen LogP contribution in [0.5, 0.6) is 0 Å². The number of benzene rings is 2. The van der Waals surface area contributed by atoms with Gasteiger partial charge in [-0.3, -0.25) is 24.8 Å². The smallest absolute Gasteiger partial charge is 0.359 e. The van der Waals surface area contributed by atoms with Crippen molar-refractivity contribution in [3.05, 3.63) is 111 Å². The first kappa shape index (κ1) is 28.4. The fraction of sp³-hybridized carbons (Fsp3) is 0.355. The highest BCUT2D eigenvalue weighted by Gasteiger charge is 2.33. The molecular formula is C31H35N5O5. The topological polar surface area (TPSA) is 103 Å². The number of pyridine rings is 2. The largest absolute Gasteiger partial charge is 0.382 e. The molecule has 0 N–H and O–H groups in total. The first-order chi connectivity index (χ1) is 20.1. The molecule has 0 aliphatic carbocycles. The molecule has 10 heteroatoms. The number of methoxy groups -OCH3 is 1. The average molecular weight is 558 g/mol. The molecule has 2 aromatic heterocycles. The summed E-state index contributed by atoms with van der Waals surface area (Å²) < 4.78 is 12.0. The Balaban J connectivity index is 1.43. The first-order valence-electron chi connectivity index (χ1n) is 13.9. The standard InChI is InChI=1S/C31H35N5O5/c1-40-22-23-41-21-9-16-35-26-14-8-15-32-27(26)29(30(31(35)37)36(38)39)34-19-17-33(18-20-34)28(24-10-4-2-5-11-24)25-12-6-3-7-13-25/h2-8,10-15,28H,9,16-23H2,1H3. The van der Waals surface area contributed by atoms with Gasteiger partial charge in [0.2, 0.25) is 0 Å². The Morgan fingerprint density at radius 3 is 2.17 bits per heavy atom. The molecule has 5 rings (SSSR count). The zero-order valence-electron chi connectivity index (χ0n) is 23.2. The first-order valence-corrected chi connectivity index (χ1v) is 13.9. The number of ether oxygens (including phenoxy) is 2. The van der Waals surface area contributed by atoms with Crippen LogP contribution in [-0.2, 0) is 16.0 Å². The Bertz CT molecular complexity index is 1460. The number of nitrogens with zero attached hydrogens (tertiary/aromatic N) is 5. The van der Waals surface area contributed by atoms with Gasteiger partial charge in [0.25, 0.3) is 0 Å². The molecule has 0 atom stereocenters. The van der Waals surface area contributed by atoms with Crippen molar-refractivity contribution in [3.8, 4) is 0 Å². The third-order valence-electron chi connectivity index (χ3n) is 7.48. The molecule has 0 radical (unpaired) electrons. The number of nitro groups is 1. The fourth-order valence-corrected chi connectivity index (χ4v) is 5.59. The number of fused-ring (bicyclic) bond motifs is 1.